The maximum absolute atomic E-state index is 5.57. The first-order valence-electron chi connectivity index (χ1n) is 5.29. The fraction of sp³-hybridized carbons (Fsp3) is 0.636. The normalized spacial score (nSPS) is 21.2. The molecule has 2 rings (SSSR count). The standard InChI is InChI=1S/C11H18N2O/c1-13(7-6-12)10-3-2-4-11-9(10)5-8-14-11/h5,8,10H,2-4,6-7,12H2,1H3. The van der Waals surface area contributed by atoms with Gasteiger partial charge in [-0.05, 0) is 26.0 Å². The number of likely N-dealkylation sites (N-methyl/N-ethyl adjacent to an activating group) is 1. The van der Waals surface area contributed by atoms with E-state index in [1.807, 2.05) is 0 Å². The second-order valence-corrected chi connectivity index (χ2v) is 3.98. The zero-order valence-corrected chi connectivity index (χ0v) is 8.70. The molecule has 1 aromatic heterocycles. The van der Waals surface area contributed by atoms with Gasteiger partial charge in [0.1, 0.15) is 5.76 Å². The van der Waals surface area contributed by atoms with Gasteiger partial charge in [-0.3, -0.25) is 4.90 Å². The Kier molecular flexibility index (Phi) is 2.89. The summed E-state index contributed by atoms with van der Waals surface area (Å²) in [4.78, 5) is 2.33. The topological polar surface area (TPSA) is 42.4 Å². The zero-order valence-electron chi connectivity index (χ0n) is 8.70. The molecular formula is C11H18N2O. The van der Waals surface area contributed by atoms with Crippen LogP contribution in [0, 0.1) is 0 Å². The van der Waals surface area contributed by atoms with Crippen molar-refractivity contribution in [1.29, 1.82) is 0 Å². The summed E-state index contributed by atoms with van der Waals surface area (Å²) in [6, 6.07) is 2.62. The van der Waals surface area contributed by atoms with Crippen molar-refractivity contribution in [2.45, 2.75) is 25.3 Å². The molecule has 1 heterocycles. The Morgan fingerprint density at radius 1 is 1.64 bits per heavy atom. The molecule has 0 aliphatic heterocycles. The third kappa shape index (κ3) is 1.70. The van der Waals surface area contributed by atoms with Gasteiger partial charge in [0.15, 0.2) is 0 Å². The highest BCUT2D eigenvalue weighted by molar-refractivity contribution is 5.24. The van der Waals surface area contributed by atoms with E-state index in [4.69, 9.17) is 10.2 Å². The van der Waals surface area contributed by atoms with E-state index in [1.54, 1.807) is 6.26 Å². The minimum absolute atomic E-state index is 0.515. The Morgan fingerprint density at radius 2 is 2.50 bits per heavy atom. The monoisotopic (exact) mass is 194 g/mol. The molecule has 1 aromatic rings. The van der Waals surface area contributed by atoms with Gasteiger partial charge in [0.25, 0.3) is 0 Å². The molecule has 0 aromatic carbocycles. The molecule has 0 spiro atoms. The molecule has 1 aliphatic rings. The highest BCUT2D eigenvalue weighted by Gasteiger charge is 2.25. The van der Waals surface area contributed by atoms with E-state index < -0.39 is 0 Å². The number of nitrogens with two attached hydrogens (primary N) is 1. The van der Waals surface area contributed by atoms with E-state index in [1.165, 1.54) is 24.2 Å². The van der Waals surface area contributed by atoms with E-state index in [0.29, 0.717) is 6.04 Å². The Labute approximate surface area is 84.9 Å². The molecule has 14 heavy (non-hydrogen) atoms. The Morgan fingerprint density at radius 3 is 3.29 bits per heavy atom. The summed E-state index contributed by atoms with van der Waals surface area (Å²) in [5.74, 6) is 1.17. The van der Waals surface area contributed by atoms with Crippen LogP contribution in [0.25, 0.3) is 0 Å². The van der Waals surface area contributed by atoms with Crippen molar-refractivity contribution in [2.75, 3.05) is 20.1 Å². The number of hydrogen-bond acceptors (Lipinski definition) is 3. The summed E-state index contributed by atoms with van der Waals surface area (Å²) < 4.78 is 5.46. The van der Waals surface area contributed by atoms with Crippen molar-refractivity contribution >= 4 is 0 Å². The molecular weight excluding hydrogens is 176 g/mol. The maximum Gasteiger partial charge on any atom is 0.108 e. The molecule has 1 atom stereocenters. The van der Waals surface area contributed by atoms with Crippen molar-refractivity contribution in [1.82, 2.24) is 4.90 Å². The van der Waals surface area contributed by atoms with Gasteiger partial charge in [-0.2, -0.15) is 0 Å². The minimum Gasteiger partial charge on any atom is -0.469 e. The molecule has 0 bridgehead atoms. The van der Waals surface area contributed by atoms with Crippen molar-refractivity contribution < 1.29 is 4.42 Å². The number of fused-ring (bicyclic) bond motifs is 1. The number of rotatable bonds is 3. The molecule has 0 amide bonds. The number of aryl methyl sites for hydroxylation is 1. The van der Waals surface area contributed by atoms with Gasteiger partial charge in [0, 0.05) is 31.1 Å². The van der Waals surface area contributed by atoms with Gasteiger partial charge in [-0.25, -0.2) is 0 Å². The van der Waals surface area contributed by atoms with Crippen LogP contribution in [0.3, 0.4) is 0 Å². The Balaban J connectivity index is 2.15. The predicted octanol–water partition coefficient (Wildman–Crippen LogP) is 1.55. The van der Waals surface area contributed by atoms with Gasteiger partial charge < -0.3 is 10.2 Å². The first-order valence-corrected chi connectivity index (χ1v) is 5.29. The summed E-state index contributed by atoms with van der Waals surface area (Å²) in [5, 5.41) is 0. The second-order valence-electron chi connectivity index (χ2n) is 3.98. The van der Waals surface area contributed by atoms with E-state index >= 15 is 0 Å². The summed E-state index contributed by atoms with van der Waals surface area (Å²) in [7, 11) is 2.14. The average molecular weight is 194 g/mol. The third-order valence-corrected chi connectivity index (χ3v) is 3.03. The molecule has 0 radical (unpaired) electrons. The molecule has 1 unspecified atom stereocenters. The van der Waals surface area contributed by atoms with E-state index in [0.717, 1.165) is 19.5 Å². The zero-order chi connectivity index (χ0) is 9.97. The number of furan rings is 1. The van der Waals surface area contributed by atoms with E-state index in [-0.39, 0.29) is 0 Å². The molecule has 2 N–H and O–H groups in total. The largest absolute Gasteiger partial charge is 0.469 e. The summed E-state index contributed by atoms with van der Waals surface area (Å²) in [5.41, 5.74) is 6.93. The fourth-order valence-electron chi connectivity index (χ4n) is 2.28. The average Bonchev–Trinajstić information content (AvgIpc) is 2.65. The third-order valence-electron chi connectivity index (χ3n) is 3.03. The van der Waals surface area contributed by atoms with Crippen LogP contribution in [0.5, 0.6) is 0 Å². The van der Waals surface area contributed by atoms with E-state index in [2.05, 4.69) is 18.0 Å². The molecule has 78 valence electrons. The van der Waals surface area contributed by atoms with Crippen LogP contribution in [0.1, 0.15) is 30.2 Å². The van der Waals surface area contributed by atoms with Gasteiger partial charge in [-0.15, -0.1) is 0 Å². The molecule has 1 aliphatic carbocycles. The lowest BCUT2D eigenvalue weighted by Gasteiger charge is -2.30. The fourth-order valence-corrected chi connectivity index (χ4v) is 2.28. The molecule has 0 saturated carbocycles. The van der Waals surface area contributed by atoms with Crippen LogP contribution < -0.4 is 5.73 Å². The van der Waals surface area contributed by atoms with Crippen LogP contribution in [-0.2, 0) is 6.42 Å². The highest BCUT2D eigenvalue weighted by atomic mass is 16.3. The first kappa shape index (κ1) is 9.74. The SMILES string of the molecule is CN(CCN)C1CCCc2occc21. The van der Waals surface area contributed by atoms with Crippen molar-refractivity contribution in [2.24, 2.45) is 5.73 Å². The molecule has 3 nitrogen and oxygen atoms in total. The van der Waals surface area contributed by atoms with Crippen LogP contribution in [-0.4, -0.2) is 25.0 Å². The van der Waals surface area contributed by atoms with Gasteiger partial charge in [-0.1, -0.05) is 0 Å². The predicted molar refractivity (Wildman–Crippen MR) is 56.1 cm³/mol. The van der Waals surface area contributed by atoms with E-state index in [9.17, 15) is 0 Å². The first-order chi connectivity index (χ1) is 6.83. The minimum atomic E-state index is 0.515. The van der Waals surface area contributed by atoms with Crippen LogP contribution in [0.15, 0.2) is 16.7 Å². The van der Waals surface area contributed by atoms with Gasteiger partial charge in [0.05, 0.1) is 6.26 Å². The lowest BCUT2D eigenvalue weighted by Crippen LogP contribution is -2.31. The van der Waals surface area contributed by atoms with Crippen LogP contribution >= 0.6 is 0 Å². The summed E-state index contributed by atoms with van der Waals surface area (Å²) >= 11 is 0. The smallest absolute Gasteiger partial charge is 0.108 e. The lowest BCUT2D eigenvalue weighted by molar-refractivity contribution is 0.221. The molecule has 3 heteroatoms. The Hall–Kier alpha value is -0.800. The quantitative estimate of drug-likeness (QED) is 0.793. The number of nitrogens with zero attached hydrogens (tertiary/aromatic N) is 1. The van der Waals surface area contributed by atoms with Gasteiger partial charge in [0.2, 0.25) is 0 Å². The van der Waals surface area contributed by atoms with Crippen LogP contribution in [0.4, 0.5) is 0 Å². The summed E-state index contributed by atoms with van der Waals surface area (Å²) in [6.07, 6.45) is 5.34. The number of hydrogen-bond donors (Lipinski definition) is 1. The lowest BCUT2D eigenvalue weighted by atomic mass is 9.92. The van der Waals surface area contributed by atoms with Gasteiger partial charge >= 0.3 is 0 Å². The second kappa shape index (κ2) is 4.15. The highest BCUT2D eigenvalue weighted by Crippen LogP contribution is 2.33. The summed E-state index contributed by atoms with van der Waals surface area (Å²) in [6.45, 7) is 1.68. The van der Waals surface area contributed by atoms with Crippen LogP contribution in [0.2, 0.25) is 0 Å². The van der Waals surface area contributed by atoms with Crippen molar-refractivity contribution in [3.8, 4) is 0 Å². The van der Waals surface area contributed by atoms with Crippen molar-refractivity contribution in [3.63, 3.8) is 0 Å². The Bertz CT molecular complexity index is 295. The van der Waals surface area contributed by atoms with Crippen molar-refractivity contribution in [3.05, 3.63) is 23.7 Å². The molecule has 0 saturated heterocycles. The maximum atomic E-state index is 5.57. The molecule has 0 fully saturated rings.